The van der Waals surface area contributed by atoms with Gasteiger partial charge in [0.15, 0.2) is 0 Å². The van der Waals surface area contributed by atoms with Crippen LogP contribution in [0, 0.1) is 19.8 Å². The van der Waals surface area contributed by atoms with Crippen molar-refractivity contribution in [2.24, 2.45) is 5.92 Å². The van der Waals surface area contributed by atoms with E-state index < -0.39 is 0 Å². The minimum absolute atomic E-state index is 0.0174. The van der Waals surface area contributed by atoms with Gasteiger partial charge in [-0.05, 0) is 46.1 Å². The highest BCUT2D eigenvalue weighted by Gasteiger charge is 2.33. The Labute approximate surface area is 166 Å². The fourth-order valence-corrected chi connectivity index (χ4v) is 4.35. The largest absolute Gasteiger partial charge is 0.383 e. The van der Waals surface area contributed by atoms with Crippen LogP contribution in [0.25, 0.3) is 0 Å². The number of hydrogen-bond donors (Lipinski definition) is 1. The molecule has 2 amide bonds. The van der Waals surface area contributed by atoms with E-state index >= 15 is 0 Å². The third-order valence-electron chi connectivity index (χ3n) is 5.94. The van der Waals surface area contributed by atoms with Crippen LogP contribution in [0.3, 0.4) is 0 Å². The van der Waals surface area contributed by atoms with Gasteiger partial charge in [-0.1, -0.05) is 5.16 Å². The van der Waals surface area contributed by atoms with Crippen molar-refractivity contribution in [3.63, 3.8) is 0 Å². The number of carbonyl (C=O) groups is 2. The van der Waals surface area contributed by atoms with Crippen LogP contribution in [0.2, 0.25) is 0 Å². The Hall–Kier alpha value is -1.93. The lowest BCUT2D eigenvalue weighted by molar-refractivity contribution is -0.127. The highest BCUT2D eigenvalue weighted by molar-refractivity contribution is 5.96. The molecule has 1 aromatic heterocycles. The normalized spacial score (nSPS) is 21.7. The van der Waals surface area contributed by atoms with E-state index in [1.165, 1.54) is 0 Å². The number of carbonyl (C=O) groups excluding carboxylic acids is 2. The zero-order valence-electron chi connectivity index (χ0n) is 17.2. The van der Waals surface area contributed by atoms with Crippen molar-refractivity contribution < 1.29 is 18.8 Å². The minimum atomic E-state index is 0.0174. The lowest BCUT2D eigenvalue weighted by atomic mass is 9.93. The molecule has 2 aliphatic rings. The van der Waals surface area contributed by atoms with Crippen molar-refractivity contribution in [3.8, 4) is 0 Å². The number of rotatable bonds is 6. The third-order valence-corrected chi connectivity index (χ3v) is 5.94. The van der Waals surface area contributed by atoms with Crippen molar-refractivity contribution in [1.29, 1.82) is 0 Å². The fourth-order valence-electron chi connectivity index (χ4n) is 4.35. The van der Waals surface area contributed by atoms with Crippen LogP contribution in [-0.4, -0.2) is 79.3 Å². The van der Waals surface area contributed by atoms with E-state index in [4.69, 9.17) is 9.26 Å². The molecule has 0 aliphatic carbocycles. The van der Waals surface area contributed by atoms with Gasteiger partial charge in [-0.15, -0.1) is 0 Å². The Bertz CT molecular complexity index is 662. The van der Waals surface area contributed by atoms with Crippen LogP contribution in [0.1, 0.15) is 47.5 Å². The van der Waals surface area contributed by atoms with Crippen molar-refractivity contribution >= 4 is 11.8 Å². The number of nitrogens with one attached hydrogen (secondary N) is 1. The van der Waals surface area contributed by atoms with E-state index in [-0.39, 0.29) is 17.7 Å². The van der Waals surface area contributed by atoms with E-state index in [1.807, 2.05) is 11.8 Å². The zero-order chi connectivity index (χ0) is 20.1. The molecule has 2 fully saturated rings. The summed E-state index contributed by atoms with van der Waals surface area (Å²) in [7, 11) is 1.64. The summed E-state index contributed by atoms with van der Waals surface area (Å²) >= 11 is 0. The van der Waals surface area contributed by atoms with Crippen LogP contribution in [0.15, 0.2) is 4.52 Å². The first-order chi connectivity index (χ1) is 13.5. The standard InChI is InChI=1S/C20H32N4O4/c1-14-18(15(2)28-22-14)20(26)23-10-6-17(7-11-23)24-9-4-5-16(13-24)19(25)21-8-12-27-3/h16-17H,4-13H2,1-3H3,(H,21,25)/t16-/m0/s1. The monoisotopic (exact) mass is 392 g/mol. The van der Waals surface area contributed by atoms with Gasteiger partial charge in [0.25, 0.3) is 5.91 Å². The lowest BCUT2D eigenvalue weighted by Gasteiger charge is -2.42. The molecule has 1 atom stereocenters. The van der Waals surface area contributed by atoms with Crippen molar-refractivity contribution in [2.75, 3.05) is 46.4 Å². The minimum Gasteiger partial charge on any atom is -0.383 e. The van der Waals surface area contributed by atoms with Crippen LogP contribution < -0.4 is 5.32 Å². The summed E-state index contributed by atoms with van der Waals surface area (Å²) in [5.74, 6) is 0.784. The number of amides is 2. The second kappa shape index (κ2) is 9.52. The summed E-state index contributed by atoms with van der Waals surface area (Å²) in [4.78, 5) is 29.5. The quantitative estimate of drug-likeness (QED) is 0.736. The Kier molecular flexibility index (Phi) is 7.07. The van der Waals surface area contributed by atoms with Crippen LogP contribution in [-0.2, 0) is 9.53 Å². The molecular formula is C20H32N4O4. The topological polar surface area (TPSA) is 87.9 Å². The molecule has 0 radical (unpaired) electrons. The highest BCUT2D eigenvalue weighted by atomic mass is 16.5. The second-order valence-corrected chi connectivity index (χ2v) is 7.84. The summed E-state index contributed by atoms with van der Waals surface area (Å²) in [5.41, 5.74) is 1.26. The molecule has 8 heteroatoms. The fraction of sp³-hybridized carbons (Fsp3) is 0.750. The molecule has 2 aliphatic heterocycles. The summed E-state index contributed by atoms with van der Waals surface area (Å²) in [6.45, 7) is 8.00. The molecule has 1 N–H and O–H groups in total. The first-order valence-corrected chi connectivity index (χ1v) is 10.2. The van der Waals surface area contributed by atoms with E-state index in [0.717, 1.165) is 51.9 Å². The van der Waals surface area contributed by atoms with Crippen molar-refractivity contribution in [3.05, 3.63) is 17.0 Å². The highest BCUT2D eigenvalue weighted by Crippen LogP contribution is 2.25. The van der Waals surface area contributed by atoms with Crippen LogP contribution >= 0.6 is 0 Å². The van der Waals surface area contributed by atoms with Gasteiger partial charge < -0.3 is 19.5 Å². The van der Waals surface area contributed by atoms with E-state index in [0.29, 0.717) is 36.2 Å². The van der Waals surface area contributed by atoms with E-state index in [9.17, 15) is 9.59 Å². The molecule has 3 rings (SSSR count). The molecule has 0 saturated carbocycles. The van der Waals surface area contributed by atoms with E-state index in [1.54, 1.807) is 14.0 Å². The SMILES string of the molecule is COCCNC(=O)[C@H]1CCCN(C2CCN(C(=O)c3c(C)noc3C)CC2)C1. The van der Waals surface area contributed by atoms with Crippen molar-refractivity contribution in [1.82, 2.24) is 20.3 Å². The van der Waals surface area contributed by atoms with Crippen LogP contribution in [0.5, 0.6) is 0 Å². The Morgan fingerprint density at radius 2 is 1.96 bits per heavy atom. The van der Waals surface area contributed by atoms with Gasteiger partial charge in [0.1, 0.15) is 11.3 Å². The lowest BCUT2D eigenvalue weighted by Crippen LogP contribution is -2.51. The Morgan fingerprint density at radius 3 is 2.61 bits per heavy atom. The number of methoxy groups -OCH3 is 1. The molecule has 2 saturated heterocycles. The van der Waals surface area contributed by atoms with E-state index in [2.05, 4.69) is 15.4 Å². The Balaban J connectivity index is 1.50. The third kappa shape index (κ3) is 4.72. The first kappa shape index (κ1) is 20.8. The number of nitrogens with zero attached hydrogens (tertiary/aromatic N) is 3. The van der Waals surface area contributed by atoms with Gasteiger partial charge in [-0.3, -0.25) is 14.5 Å². The first-order valence-electron chi connectivity index (χ1n) is 10.2. The number of ether oxygens (including phenoxy) is 1. The van der Waals surface area contributed by atoms with Gasteiger partial charge >= 0.3 is 0 Å². The number of piperidine rings is 2. The number of hydrogen-bond acceptors (Lipinski definition) is 6. The molecule has 0 spiro atoms. The molecule has 0 unspecified atom stereocenters. The zero-order valence-corrected chi connectivity index (χ0v) is 17.2. The van der Waals surface area contributed by atoms with Gasteiger partial charge in [0, 0.05) is 39.3 Å². The number of aromatic nitrogens is 1. The predicted octanol–water partition coefficient (Wildman–Crippen LogP) is 1.37. The smallest absolute Gasteiger partial charge is 0.259 e. The summed E-state index contributed by atoms with van der Waals surface area (Å²) in [6.07, 6.45) is 3.86. The average Bonchev–Trinajstić information content (AvgIpc) is 3.06. The second-order valence-electron chi connectivity index (χ2n) is 7.84. The summed E-state index contributed by atoms with van der Waals surface area (Å²) < 4.78 is 10.1. The van der Waals surface area contributed by atoms with Gasteiger partial charge in [0.05, 0.1) is 18.2 Å². The maximum absolute atomic E-state index is 12.8. The van der Waals surface area contributed by atoms with Gasteiger partial charge in [-0.2, -0.15) is 0 Å². The van der Waals surface area contributed by atoms with Crippen molar-refractivity contribution in [2.45, 2.75) is 45.6 Å². The number of likely N-dealkylation sites (tertiary alicyclic amines) is 2. The molecular weight excluding hydrogens is 360 g/mol. The molecule has 0 aromatic carbocycles. The Morgan fingerprint density at radius 1 is 1.21 bits per heavy atom. The van der Waals surface area contributed by atoms with Crippen LogP contribution in [0.4, 0.5) is 0 Å². The van der Waals surface area contributed by atoms with Gasteiger partial charge in [-0.25, -0.2) is 0 Å². The number of aryl methyl sites for hydroxylation is 2. The summed E-state index contributed by atoms with van der Waals surface area (Å²) in [6, 6.07) is 0.434. The molecule has 1 aromatic rings. The molecule has 156 valence electrons. The molecule has 3 heterocycles. The van der Waals surface area contributed by atoms with Gasteiger partial charge in [0.2, 0.25) is 5.91 Å². The average molecular weight is 393 g/mol. The maximum Gasteiger partial charge on any atom is 0.259 e. The summed E-state index contributed by atoms with van der Waals surface area (Å²) in [5, 5.41) is 6.86. The maximum atomic E-state index is 12.8. The molecule has 8 nitrogen and oxygen atoms in total. The molecule has 28 heavy (non-hydrogen) atoms. The molecule has 0 bridgehead atoms. The predicted molar refractivity (Wildman–Crippen MR) is 104 cm³/mol.